The molecule has 6 heteroatoms. The van der Waals surface area contributed by atoms with Crippen molar-refractivity contribution >= 4 is 45.8 Å². The highest BCUT2D eigenvalue weighted by Crippen LogP contribution is 2.36. The van der Waals surface area contributed by atoms with Crippen molar-refractivity contribution in [2.24, 2.45) is 0 Å². The lowest BCUT2D eigenvalue weighted by Crippen LogP contribution is -2.03. The van der Waals surface area contributed by atoms with Crippen molar-refractivity contribution in [3.05, 3.63) is 91.5 Å². The molecule has 4 nitrogen and oxygen atoms in total. The predicted octanol–water partition coefficient (Wildman–Crippen LogP) is 6.86. The van der Waals surface area contributed by atoms with Gasteiger partial charge in [0, 0.05) is 16.1 Å². The van der Waals surface area contributed by atoms with Crippen LogP contribution in [0.1, 0.15) is 29.2 Å². The van der Waals surface area contributed by atoms with Crippen LogP contribution in [0.4, 0.5) is 0 Å². The number of hydrogen-bond acceptors (Lipinski definition) is 4. The Labute approximate surface area is 200 Å². The topological polar surface area (TPSA) is 66.0 Å². The average Bonchev–Trinajstić information content (AvgIpc) is 2.78. The number of halogens is 2. The minimum Gasteiger partial charge on any atom is -0.490 e. The summed E-state index contributed by atoms with van der Waals surface area (Å²) in [6.07, 6.45) is 1.78. The number of rotatable bonds is 7. The van der Waals surface area contributed by atoms with Crippen LogP contribution >= 0.6 is 34.2 Å². The predicted molar refractivity (Wildman–Crippen MR) is 131 cm³/mol. The molecule has 0 aromatic heterocycles. The van der Waals surface area contributed by atoms with Crippen LogP contribution in [0.2, 0.25) is 5.02 Å². The molecule has 0 saturated heterocycles. The van der Waals surface area contributed by atoms with E-state index >= 15 is 0 Å². The lowest BCUT2D eigenvalue weighted by Gasteiger charge is -2.15. The van der Waals surface area contributed by atoms with Gasteiger partial charge in [0.1, 0.15) is 6.61 Å². The van der Waals surface area contributed by atoms with Gasteiger partial charge in [-0.3, -0.25) is 0 Å². The third-order valence-electron chi connectivity index (χ3n) is 4.44. The first-order valence-corrected chi connectivity index (χ1v) is 11.0. The van der Waals surface area contributed by atoms with Gasteiger partial charge in [-0.15, -0.1) is 0 Å². The summed E-state index contributed by atoms with van der Waals surface area (Å²) in [7, 11) is 0. The minimum atomic E-state index is 0.248. The molecule has 0 radical (unpaired) electrons. The number of nitriles is 2. The molecular formula is C25H18ClIN2O2. The van der Waals surface area contributed by atoms with Gasteiger partial charge < -0.3 is 9.47 Å². The van der Waals surface area contributed by atoms with Gasteiger partial charge in [-0.1, -0.05) is 48.0 Å². The van der Waals surface area contributed by atoms with Crippen LogP contribution in [-0.4, -0.2) is 6.61 Å². The van der Waals surface area contributed by atoms with Gasteiger partial charge in [0.2, 0.25) is 0 Å². The second-order valence-corrected chi connectivity index (χ2v) is 8.04. The fourth-order valence-corrected chi connectivity index (χ4v) is 4.01. The molecule has 0 aliphatic rings. The molecule has 31 heavy (non-hydrogen) atoms. The van der Waals surface area contributed by atoms with E-state index in [9.17, 15) is 10.5 Å². The molecule has 0 fully saturated rings. The number of hydrogen-bond donors (Lipinski definition) is 0. The average molecular weight is 541 g/mol. The van der Waals surface area contributed by atoms with E-state index in [2.05, 4.69) is 34.7 Å². The van der Waals surface area contributed by atoms with Crippen LogP contribution in [0.5, 0.6) is 11.5 Å². The second kappa shape index (κ2) is 10.9. The van der Waals surface area contributed by atoms with Crippen molar-refractivity contribution in [3.63, 3.8) is 0 Å². The molecule has 0 saturated carbocycles. The van der Waals surface area contributed by atoms with Gasteiger partial charge in [0.05, 0.1) is 33.5 Å². The van der Waals surface area contributed by atoms with Gasteiger partial charge in [0.15, 0.2) is 11.5 Å². The van der Waals surface area contributed by atoms with E-state index < -0.39 is 0 Å². The molecule has 0 unspecified atom stereocenters. The summed E-state index contributed by atoms with van der Waals surface area (Å²) in [6.45, 7) is 2.61. The summed E-state index contributed by atoms with van der Waals surface area (Å²) in [4.78, 5) is 0. The Hall–Kier alpha value is -3.00. The van der Waals surface area contributed by atoms with E-state index in [0.717, 1.165) is 14.7 Å². The molecule has 0 atom stereocenters. The first-order chi connectivity index (χ1) is 15.1. The maximum atomic E-state index is 9.66. The van der Waals surface area contributed by atoms with Crippen molar-refractivity contribution in [3.8, 4) is 23.6 Å². The molecule has 3 aromatic carbocycles. The van der Waals surface area contributed by atoms with E-state index in [4.69, 9.17) is 21.1 Å². The zero-order valence-corrected chi connectivity index (χ0v) is 19.6. The van der Waals surface area contributed by atoms with Gasteiger partial charge >= 0.3 is 0 Å². The van der Waals surface area contributed by atoms with Crippen molar-refractivity contribution in [2.75, 3.05) is 6.61 Å². The Balaban J connectivity index is 1.96. The van der Waals surface area contributed by atoms with Crippen LogP contribution in [0.3, 0.4) is 0 Å². The van der Waals surface area contributed by atoms with Crippen molar-refractivity contribution in [1.29, 1.82) is 10.5 Å². The minimum absolute atomic E-state index is 0.248. The SMILES string of the molecule is CCOc1cc(C=C(C#N)c2ccccc2Cl)cc(I)c1OCc1ccccc1C#N. The van der Waals surface area contributed by atoms with Crippen LogP contribution in [0, 0.1) is 26.2 Å². The van der Waals surface area contributed by atoms with E-state index in [1.807, 2.05) is 55.5 Å². The Kier molecular flexibility index (Phi) is 7.94. The van der Waals surface area contributed by atoms with Gasteiger partial charge in [-0.25, -0.2) is 0 Å². The first-order valence-electron chi connectivity index (χ1n) is 9.51. The third kappa shape index (κ3) is 5.58. The molecule has 0 heterocycles. The van der Waals surface area contributed by atoms with E-state index in [1.165, 1.54) is 0 Å². The van der Waals surface area contributed by atoms with Crippen molar-refractivity contribution < 1.29 is 9.47 Å². The third-order valence-corrected chi connectivity index (χ3v) is 5.57. The highest BCUT2D eigenvalue weighted by molar-refractivity contribution is 14.1. The molecule has 0 spiro atoms. The Bertz CT molecular complexity index is 1210. The lowest BCUT2D eigenvalue weighted by atomic mass is 10.0. The molecule has 3 aromatic rings. The van der Waals surface area contributed by atoms with Crippen LogP contribution in [-0.2, 0) is 6.61 Å². The lowest BCUT2D eigenvalue weighted by molar-refractivity contribution is 0.267. The Morgan fingerprint density at radius 3 is 2.52 bits per heavy atom. The second-order valence-electron chi connectivity index (χ2n) is 6.47. The van der Waals surface area contributed by atoms with Crippen LogP contribution in [0.15, 0.2) is 60.7 Å². The zero-order chi connectivity index (χ0) is 22.2. The quantitative estimate of drug-likeness (QED) is 0.187. The number of allylic oxidation sites excluding steroid dienone is 1. The molecule has 0 bridgehead atoms. The molecule has 0 aliphatic heterocycles. The summed E-state index contributed by atoms with van der Waals surface area (Å²) in [5, 5.41) is 19.5. The summed E-state index contributed by atoms with van der Waals surface area (Å²) >= 11 is 8.45. The maximum absolute atomic E-state index is 9.66. The monoisotopic (exact) mass is 540 g/mol. The standard InChI is InChI=1S/C25H18ClIN2O2/c1-2-30-24-13-17(11-20(15-29)21-9-5-6-10-22(21)26)12-23(27)25(24)31-16-19-8-4-3-7-18(19)14-28/h3-13H,2,16H2,1H3. The van der Waals surface area contributed by atoms with Crippen molar-refractivity contribution in [1.82, 2.24) is 0 Å². The van der Waals surface area contributed by atoms with Gasteiger partial charge in [0.25, 0.3) is 0 Å². The fraction of sp³-hybridized carbons (Fsp3) is 0.120. The Morgan fingerprint density at radius 1 is 1.06 bits per heavy atom. The Morgan fingerprint density at radius 2 is 1.81 bits per heavy atom. The zero-order valence-electron chi connectivity index (χ0n) is 16.7. The molecule has 154 valence electrons. The summed E-state index contributed by atoms with van der Waals surface area (Å²) in [5.74, 6) is 1.18. The number of benzene rings is 3. The molecule has 3 rings (SSSR count). The van der Waals surface area contributed by atoms with Crippen LogP contribution < -0.4 is 9.47 Å². The molecular weight excluding hydrogens is 523 g/mol. The summed E-state index contributed by atoms with van der Waals surface area (Å²) in [6, 6.07) is 22.7. The smallest absolute Gasteiger partial charge is 0.175 e. The molecule has 0 aliphatic carbocycles. The molecule has 0 N–H and O–H groups in total. The van der Waals surface area contributed by atoms with Gasteiger partial charge in [-0.05, 0) is 65.4 Å². The van der Waals surface area contributed by atoms with Gasteiger partial charge in [-0.2, -0.15) is 10.5 Å². The summed E-state index contributed by atoms with van der Waals surface area (Å²) < 4.78 is 12.7. The number of nitrogens with zero attached hydrogens (tertiary/aromatic N) is 2. The highest BCUT2D eigenvalue weighted by atomic mass is 127. The van der Waals surface area contributed by atoms with E-state index in [1.54, 1.807) is 18.2 Å². The van der Waals surface area contributed by atoms with Crippen LogP contribution in [0.25, 0.3) is 11.6 Å². The van der Waals surface area contributed by atoms with E-state index in [-0.39, 0.29) is 6.61 Å². The number of ether oxygens (including phenoxy) is 2. The summed E-state index contributed by atoms with van der Waals surface area (Å²) in [5.41, 5.74) is 3.31. The molecule has 0 amide bonds. The normalized spacial score (nSPS) is 10.8. The first kappa shape index (κ1) is 22.7. The largest absolute Gasteiger partial charge is 0.490 e. The maximum Gasteiger partial charge on any atom is 0.175 e. The van der Waals surface area contributed by atoms with E-state index in [0.29, 0.717) is 39.8 Å². The van der Waals surface area contributed by atoms with Crippen molar-refractivity contribution in [2.45, 2.75) is 13.5 Å². The highest BCUT2D eigenvalue weighted by Gasteiger charge is 2.14. The fourth-order valence-electron chi connectivity index (χ4n) is 3.00.